The highest BCUT2D eigenvalue weighted by Gasteiger charge is 2.34. The van der Waals surface area contributed by atoms with Gasteiger partial charge in [-0.05, 0) is 49.6 Å². The number of hydrogen-bond acceptors (Lipinski definition) is 4. The number of fused-ring (bicyclic) bond motifs is 1. The van der Waals surface area contributed by atoms with Crippen LogP contribution in [0.1, 0.15) is 11.3 Å². The summed E-state index contributed by atoms with van der Waals surface area (Å²) in [5.41, 5.74) is 3.29. The van der Waals surface area contributed by atoms with Crippen LogP contribution in [0.15, 0.2) is 18.2 Å². The molecule has 6 heteroatoms. The Labute approximate surface area is 160 Å². The quantitative estimate of drug-likeness (QED) is 0.839. The Kier molecular flexibility index (Phi) is 5.50. The second-order valence-corrected chi connectivity index (χ2v) is 8.42. The number of likely N-dealkylation sites (tertiary alicyclic amines) is 1. The molecule has 2 N–H and O–H groups in total. The van der Waals surface area contributed by atoms with E-state index in [1.165, 1.54) is 6.07 Å². The van der Waals surface area contributed by atoms with E-state index in [1.54, 1.807) is 6.07 Å². The van der Waals surface area contributed by atoms with Crippen LogP contribution in [0.2, 0.25) is 0 Å². The number of piperazine rings is 1. The fourth-order valence-electron chi connectivity index (χ4n) is 4.68. The van der Waals surface area contributed by atoms with Gasteiger partial charge in [0.1, 0.15) is 5.82 Å². The molecule has 0 aliphatic carbocycles. The number of aliphatic hydroxyl groups excluding tert-OH is 1. The maximum Gasteiger partial charge on any atom is 0.123 e. The van der Waals surface area contributed by atoms with Gasteiger partial charge in [-0.3, -0.25) is 4.90 Å². The summed E-state index contributed by atoms with van der Waals surface area (Å²) in [6.45, 7) is 10.7. The lowest BCUT2D eigenvalue weighted by Gasteiger charge is -2.34. The molecule has 4 rings (SSSR count). The second kappa shape index (κ2) is 7.87. The van der Waals surface area contributed by atoms with Crippen molar-refractivity contribution in [2.75, 3.05) is 59.5 Å². The highest BCUT2D eigenvalue weighted by atomic mass is 19.1. The van der Waals surface area contributed by atoms with Crippen LogP contribution in [-0.2, 0) is 6.54 Å². The van der Waals surface area contributed by atoms with Crippen LogP contribution in [0.5, 0.6) is 0 Å². The van der Waals surface area contributed by atoms with Crippen LogP contribution in [0.3, 0.4) is 0 Å². The molecule has 0 spiro atoms. The van der Waals surface area contributed by atoms with Crippen LogP contribution in [0.4, 0.5) is 4.39 Å². The largest absolute Gasteiger partial charge is 0.396 e. The van der Waals surface area contributed by atoms with Crippen molar-refractivity contribution in [2.45, 2.75) is 13.5 Å². The average molecular weight is 375 g/mol. The molecule has 2 aromatic rings. The predicted octanol–water partition coefficient (Wildman–Crippen LogP) is 1.90. The number of halogens is 1. The Bertz CT molecular complexity index is 784. The van der Waals surface area contributed by atoms with Gasteiger partial charge in [0.05, 0.1) is 0 Å². The summed E-state index contributed by atoms with van der Waals surface area (Å²) >= 11 is 0. The Morgan fingerprint density at radius 1 is 1.11 bits per heavy atom. The maximum atomic E-state index is 13.6. The van der Waals surface area contributed by atoms with Crippen molar-refractivity contribution in [3.8, 4) is 0 Å². The SMILES string of the molecule is Cc1c(CN2C[C@@H](CN3CCN(C)CC3)[C@@H](CO)C2)[nH]c2ccc(F)cc12. The van der Waals surface area contributed by atoms with Crippen molar-refractivity contribution in [1.82, 2.24) is 19.7 Å². The Morgan fingerprint density at radius 3 is 2.59 bits per heavy atom. The number of hydrogen-bond donors (Lipinski definition) is 2. The normalized spacial score (nSPS) is 25.6. The van der Waals surface area contributed by atoms with Crippen LogP contribution < -0.4 is 0 Å². The molecule has 0 unspecified atom stereocenters. The van der Waals surface area contributed by atoms with Crippen molar-refractivity contribution < 1.29 is 9.50 Å². The van der Waals surface area contributed by atoms with Gasteiger partial charge >= 0.3 is 0 Å². The topological polar surface area (TPSA) is 45.7 Å². The maximum absolute atomic E-state index is 13.6. The van der Waals surface area contributed by atoms with Gasteiger partial charge in [0.25, 0.3) is 0 Å². The number of benzene rings is 1. The molecule has 1 aromatic heterocycles. The molecule has 5 nitrogen and oxygen atoms in total. The molecule has 148 valence electrons. The van der Waals surface area contributed by atoms with E-state index in [0.717, 1.165) is 74.5 Å². The van der Waals surface area contributed by atoms with Gasteiger partial charge in [0.15, 0.2) is 0 Å². The van der Waals surface area contributed by atoms with E-state index in [0.29, 0.717) is 11.8 Å². The summed E-state index contributed by atoms with van der Waals surface area (Å²) < 4.78 is 13.6. The van der Waals surface area contributed by atoms with Gasteiger partial charge in [0, 0.05) is 75.6 Å². The average Bonchev–Trinajstić information content (AvgIpc) is 3.18. The van der Waals surface area contributed by atoms with Gasteiger partial charge in [0.2, 0.25) is 0 Å². The minimum Gasteiger partial charge on any atom is -0.396 e. The minimum absolute atomic E-state index is 0.190. The lowest BCUT2D eigenvalue weighted by molar-refractivity contribution is 0.116. The number of aryl methyl sites for hydroxylation is 1. The molecule has 2 aliphatic heterocycles. The first kappa shape index (κ1) is 18.9. The van der Waals surface area contributed by atoms with Gasteiger partial charge in [-0.2, -0.15) is 0 Å². The van der Waals surface area contributed by atoms with Crippen molar-refractivity contribution in [2.24, 2.45) is 11.8 Å². The van der Waals surface area contributed by atoms with E-state index >= 15 is 0 Å². The van der Waals surface area contributed by atoms with Crippen LogP contribution in [-0.4, -0.2) is 84.3 Å². The van der Waals surface area contributed by atoms with Crippen LogP contribution in [0, 0.1) is 24.6 Å². The fourth-order valence-corrected chi connectivity index (χ4v) is 4.68. The number of likely N-dealkylation sites (N-methyl/N-ethyl adjacent to an activating group) is 1. The van der Waals surface area contributed by atoms with Gasteiger partial charge in [-0.1, -0.05) is 0 Å². The number of aliphatic hydroxyl groups is 1. The van der Waals surface area contributed by atoms with Crippen molar-refractivity contribution in [1.29, 1.82) is 0 Å². The van der Waals surface area contributed by atoms with E-state index in [9.17, 15) is 9.50 Å². The number of H-pyrrole nitrogens is 1. The minimum atomic E-state index is -0.190. The number of nitrogens with one attached hydrogen (secondary N) is 1. The van der Waals surface area contributed by atoms with E-state index in [1.807, 2.05) is 6.07 Å². The Balaban J connectivity index is 1.42. The second-order valence-electron chi connectivity index (χ2n) is 8.42. The molecule has 3 heterocycles. The molecule has 2 fully saturated rings. The third-order valence-corrected chi connectivity index (χ3v) is 6.48. The monoisotopic (exact) mass is 374 g/mol. The number of nitrogens with zero attached hydrogens (tertiary/aromatic N) is 3. The Hall–Kier alpha value is -1.47. The third kappa shape index (κ3) is 4.04. The molecule has 27 heavy (non-hydrogen) atoms. The molecule has 2 saturated heterocycles. The first-order valence-electron chi connectivity index (χ1n) is 10.0. The molecular formula is C21H31FN4O. The number of aromatic amines is 1. The smallest absolute Gasteiger partial charge is 0.123 e. The van der Waals surface area contributed by atoms with Gasteiger partial charge in [-0.15, -0.1) is 0 Å². The van der Waals surface area contributed by atoms with Crippen LogP contribution >= 0.6 is 0 Å². The summed E-state index contributed by atoms with van der Waals surface area (Å²) in [6.07, 6.45) is 0. The molecule has 2 atom stereocenters. The zero-order valence-corrected chi connectivity index (χ0v) is 16.4. The summed E-state index contributed by atoms with van der Waals surface area (Å²) in [7, 11) is 2.18. The summed E-state index contributed by atoms with van der Waals surface area (Å²) in [6, 6.07) is 4.94. The molecule has 0 amide bonds. The van der Waals surface area contributed by atoms with Crippen molar-refractivity contribution in [3.63, 3.8) is 0 Å². The van der Waals surface area contributed by atoms with E-state index in [2.05, 4.69) is 33.7 Å². The molecule has 1 aromatic carbocycles. The fraction of sp³-hybridized carbons (Fsp3) is 0.619. The van der Waals surface area contributed by atoms with Crippen molar-refractivity contribution >= 4 is 10.9 Å². The summed E-state index contributed by atoms with van der Waals surface area (Å²) in [5, 5.41) is 10.9. The number of rotatable bonds is 5. The first-order valence-corrected chi connectivity index (χ1v) is 10.0. The first-order chi connectivity index (χ1) is 13.0. The molecule has 2 aliphatic rings. The van der Waals surface area contributed by atoms with Crippen LogP contribution in [0.25, 0.3) is 10.9 Å². The highest BCUT2D eigenvalue weighted by Crippen LogP contribution is 2.28. The van der Waals surface area contributed by atoms with E-state index in [4.69, 9.17) is 0 Å². The molecule has 0 radical (unpaired) electrons. The number of aromatic nitrogens is 1. The van der Waals surface area contributed by atoms with E-state index in [-0.39, 0.29) is 12.4 Å². The highest BCUT2D eigenvalue weighted by molar-refractivity contribution is 5.84. The molecular weight excluding hydrogens is 343 g/mol. The van der Waals surface area contributed by atoms with Gasteiger partial charge < -0.3 is 19.9 Å². The zero-order valence-electron chi connectivity index (χ0n) is 16.4. The molecule has 0 bridgehead atoms. The van der Waals surface area contributed by atoms with Crippen molar-refractivity contribution in [3.05, 3.63) is 35.3 Å². The lowest BCUT2D eigenvalue weighted by Crippen LogP contribution is -2.47. The van der Waals surface area contributed by atoms with Gasteiger partial charge in [-0.25, -0.2) is 4.39 Å². The summed E-state index contributed by atoms with van der Waals surface area (Å²) in [4.78, 5) is 10.8. The summed E-state index contributed by atoms with van der Waals surface area (Å²) in [5.74, 6) is 0.664. The third-order valence-electron chi connectivity index (χ3n) is 6.48. The zero-order chi connectivity index (χ0) is 19.0. The Morgan fingerprint density at radius 2 is 1.85 bits per heavy atom. The molecule has 0 saturated carbocycles. The lowest BCUT2D eigenvalue weighted by atomic mass is 9.96. The standard InChI is InChI=1S/C21H31FN4O/c1-15-19-9-18(22)3-4-20(19)23-21(15)13-26-11-16(17(12-26)14-27)10-25-7-5-24(2)6-8-25/h3-4,9,16-17,23,27H,5-8,10-14H2,1-2H3/t16-,17-/m1/s1. The van der Waals surface area contributed by atoms with E-state index < -0.39 is 0 Å². The predicted molar refractivity (Wildman–Crippen MR) is 106 cm³/mol.